The maximum absolute atomic E-state index is 12.3. The third kappa shape index (κ3) is 1.75. The molecule has 2 aromatic carbocycles. The highest BCUT2D eigenvalue weighted by atomic mass is 16.2. The van der Waals surface area contributed by atoms with E-state index in [1.54, 1.807) is 0 Å². The van der Waals surface area contributed by atoms with E-state index in [1.165, 1.54) is 16.7 Å². The molecule has 1 amide bonds. The maximum atomic E-state index is 12.3. The van der Waals surface area contributed by atoms with Crippen LogP contribution in [0.25, 0.3) is 0 Å². The Morgan fingerprint density at radius 2 is 1.76 bits per heavy atom. The third-order valence-corrected chi connectivity index (χ3v) is 5.21. The molecule has 2 aliphatic rings. The summed E-state index contributed by atoms with van der Waals surface area (Å²) in [6, 6.07) is 19.2. The van der Waals surface area contributed by atoms with Gasteiger partial charge in [0.25, 0.3) is 0 Å². The molecular formula is C19H19NO. The van der Waals surface area contributed by atoms with E-state index in [2.05, 4.69) is 60.4 Å². The van der Waals surface area contributed by atoms with Gasteiger partial charge in [-0.05, 0) is 30.0 Å². The highest BCUT2D eigenvalue weighted by Gasteiger charge is 2.48. The Morgan fingerprint density at radius 3 is 2.57 bits per heavy atom. The SMILES string of the molecule is CC12CCC(=O)N1CC(c1ccccc1)c1ccccc12. The first-order chi connectivity index (χ1) is 10.2. The van der Waals surface area contributed by atoms with Gasteiger partial charge in [-0.1, -0.05) is 54.6 Å². The second-order valence-corrected chi connectivity index (χ2v) is 6.33. The normalized spacial score (nSPS) is 27.4. The summed E-state index contributed by atoms with van der Waals surface area (Å²) in [6.07, 6.45) is 1.61. The largest absolute Gasteiger partial charge is 0.332 e. The fourth-order valence-corrected chi connectivity index (χ4v) is 4.02. The van der Waals surface area contributed by atoms with Crippen LogP contribution in [0.2, 0.25) is 0 Å². The van der Waals surface area contributed by atoms with Gasteiger partial charge in [0.15, 0.2) is 0 Å². The van der Waals surface area contributed by atoms with Crippen molar-refractivity contribution in [1.82, 2.24) is 4.90 Å². The van der Waals surface area contributed by atoms with Gasteiger partial charge in [-0.15, -0.1) is 0 Å². The van der Waals surface area contributed by atoms with Gasteiger partial charge in [0.1, 0.15) is 0 Å². The lowest BCUT2D eigenvalue weighted by Gasteiger charge is -2.45. The van der Waals surface area contributed by atoms with Crippen molar-refractivity contribution < 1.29 is 4.79 Å². The van der Waals surface area contributed by atoms with Gasteiger partial charge in [-0.2, -0.15) is 0 Å². The molecule has 0 radical (unpaired) electrons. The van der Waals surface area contributed by atoms with Gasteiger partial charge >= 0.3 is 0 Å². The first-order valence-electron chi connectivity index (χ1n) is 7.65. The molecule has 2 nitrogen and oxygen atoms in total. The van der Waals surface area contributed by atoms with E-state index in [0.717, 1.165) is 13.0 Å². The Hall–Kier alpha value is -2.09. The topological polar surface area (TPSA) is 20.3 Å². The van der Waals surface area contributed by atoms with Crippen LogP contribution in [0, 0.1) is 0 Å². The lowest BCUT2D eigenvalue weighted by atomic mass is 9.75. The van der Waals surface area contributed by atoms with Gasteiger partial charge in [0, 0.05) is 18.9 Å². The number of rotatable bonds is 1. The van der Waals surface area contributed by atoms with Crippen molar-refractivity contribution in [3.8, 4) is 0 Å². The van der Waals surface area contributed by atoms with Crippen LogP contribution in [0.4, 0.5) is 0 Å². The van der Waals surface area contributed by atoms with Crippen molar-refractivity contribution in [2.24, 2.45) is 0 Å². The molecule has 106 valence electrons. The highest BCUT2D eigenvalue weighted by Crippen LogP contribution is 2.48. The molecule has 1 saturated heterocycles. The quantitative estimate of drug-likeness (QED) is 0.779. The standard InChI is InChI=1S/C19H19NO/c1-19-12-11-18(21)20(19)13-16(14-7-3-2-4-8-14)15-9-5-6-10-17(15)19/h2-10,16H,11-13H2,1H3. The average molecular weight is 277 g/mol. The van der Waals surface area contributed by atoms with Crippen LogP contribution < -0.4 is 0 Å². The zero-order valence-corrected chi connectivity index (χ0v) is 12.3. The zero-order chi connectivity index (χ0) is 14.4. The molecule has 0 saturated carbocycles. The van der Waals surface area contributed by atoms with Crippen molar-refractivity contribution in [3.05, 3.63) is 71.3 Å². The molecule has 1 fully saturated rings. The summed E-state index contributed by atoms with van der Waals surface area (Å²) in [5.41, 5.74) is 3.90. The van der Waals surface area contributed by atoms with Crippen molar-refractivity contribution in [3.63, 3.8) is 0 Å². The molecular weight excluding hydrogens is 258 g/mol. The predicted molar refractivity (Wildman–Crippen MR) is 83.0 cm³/mol. The molecule has 0 N–H and O–H groups in total. The number of carbonyl (C=O) groups excluding carboxylic acids is 1. The lowest BCUT2D eigenvalue weighted by Crippen LogP contribution is -2.47. The summed E-state index contributed by atoms with van der Waals surface area (Å²) in [6.45, 7) is 3.02. The molecule has 2 unspecified atom stereocenters. The van der Waals surface area contributed by atoms with Crippen LogP contribution in [0.15, 0.2) is 54.6 Å². The van der Waals surface area contributed by atoms with Gasteiger partial charge < -0.3 is 4.90 Å². The first-order valence-corrected chi connectivity index (χ1v) is 7.65. The minimum atomic E-state index is -0.112. The zero-order valence-electron chi connectivity index (χ0n) is 12.3. The molecule has 2 aliphatic heterocycles. The van der Waals surface area contributed by atoms with Gasteiger partial charge in [0.2, 0.25) is 5.91 Å². The van der Waals surface area contributed by atoms with E-state index in [1.807, 2.05) is 6.07 Å². The van der Waals surface area contributed by atoms with Crippen molar-refractivity contribution in [2.45, 2.75) is 31.2 Å². The van der Waals surface area contributed by atoms with Gasteiger partial charge in [-0.25, -0.2) is 0 Å². The summed E-state index contributed by atoms with van der Waals surface area (Å²) in [4.78, 5) is 14.4. The molecule has 2 heterocycles. The number of nitrogens with zero attached hydrogens (tertiary/aromatic N) is 1. The molecule has 2 atom stereocenters. The van der Waals surface area contributed by atoms with E-state index in [4.69, 9.17) is 0 Å². The third-order valence-electron chi connectivity index (χ3n) is 5.21. The number of hydrogen-bond acceptors (Lipinski definition) is 1. The Morgan fingerprint density at radius 1 is 1.05 bits per heavy atom. The van der Waals surface area contributed by atoms with Crippen LogP contribution in [-0.4, -0.2) is 17.4 Å². The Bertz CT molecular complexity index is 694. The van der Waals surface area contributed by atoms with Crippen molar-refractivity contribution in [1.29, 1.82) is 0 Å². The Kier molecular flexibility index (Phi) is 2.68. The smallest absolute Gasteiger partial charge is 0.223 e. The van der Waals surface area contributed by atoms with Crippen molar-refractivity contribution in [2.75, 3.05) is 6.54 Å². The molecule has 2 aromatic rings. The number of hydrogen-bond donors (Lipinski definition) is 0. The minimum Gasteiger partial charge on any atom is -0.332 e. The fraction of sp³-hybridized carbons (Fsp3) is 0.316. The second-order valence-electron chi connectivity index (χ2n) is 6.33. The summed E-state index contributed by atoms with van der Waals surface area (Å²) in [5, 5.41) is 0. The van der Waals surface area contributed by atoms with Crippen LogP contribution in [0.1, 0.15) is 42.4 Å². The first kappa shape index (κ1) is 12.6. The Labute approximate surface area is 125 Å². The summed E-state index contributed by atoms with van der Waals surface area (Å²) in [7, 11) is 0. The molecule has 0 aliphatic carbocycles. The number of amides is 1. The lowest BCUT2D eigenvalue weighted by molar-refractivity contribution is -0.131. The highest BCUT2D eigenvalue weighted by molar-refractivity contribution is 5.81. The number of fused-ring (bicyclic) bond motifs is 3. The maximum Gasteiger partial charge on any atom is 0.223 e. The molecule has 0 bridgehead atoms. The molecule has 2 heteroatoms. The second kappa shape index (κ2) is 4.45. The number of benzene rings is 2. The van der Waals surface area contributed by atoms with Crippen LogP contribution >= 0.6 is 0 Å². The van der Waals surface area contributed by atoms with E-state index in [9.17, 15) is 4.79 Å². The van der Waals surface area contributed by atoms with Crippen molar-refractivity contribution >= 4 is 5.91 Å². The fourth-order valence-electron chi connectivity index (χ4n) is 4.02. The van der Waals surface area contributed by atoms with Gasteiger partial charge in [-0.3, -0.25) is 4.79 Å². The minimum absolute atomic E-state index is 0.112. The molecule has 21 heavy (non-hydrogen) atoms. The monoisotopic (exact) mass is 277 g/mol. The van der Waals surface area contributed by atoms with E-state index >= 15 is 0 Å². The van der Waals surface area contributed by atoms with E-state index in [-0.39, 0.29) is 11.5 Å². The summed E-state index contributed by atoms with van der Waals surface area (Å²) < 4.78 is 0. The predicted octanol–water partition coefficient (Wildman–Crippen LogP) is 3.67. The number of carbonyl (C=O) groups is 1. The summed E-state index contributed by atoms with van der Waals surface area (Å²) >= 11 is 0. The molecule has 4 rings (SSSR count). The van der Waals surface area contributed by atoms with Gasteiger partial charge in [0.05, 0.1) is 5.54 Å². The average Bonchev–Trinajstić information content (AvgIpc) is 2.84. The van der Waals surface area contributed by atoms with E-state index < -0.39 is 0 Å². The molecule has 0 aromatic heterocycles. The Balaban J connectivity index is 1.90. The van der Waals surface area contributed by atoms with Crippen LogP contribution in [0.3, 0.4) is 0 Å². The van der Waals surface area contributed by atoms with E-state index in [0.29, 0.717) is 12.3 Å². The summed E-state index contributed by atoms with van der Waals surface area (Å²) in [5.74, 6) is 0.588. The molecule has 0 spiro atoms. The van der Waals surface area contributed by atoms with Crippen LogP contribution in [0.5, 0.6) is 0 Å². The van der Waals surface area contributed by atoms with Crippen LogP contribution in [-0.2, 0) is 10.3 Å².